The molecule has 0 aliphatic carbocycles. The van der Waals surface area contributed by atoms with Crippen molar-refractivity contribution in [2.75, 3.05) is 26.4 Å². The van der Waals surface area contributed by atoms with Gasteiger partial charge in [0.2, 0.25) is 0 Å². The molecule has 0 bridgehead atoms. The summed E-state index contributed by atoms with van der Waals surface area (Å²) in [5.74, 6) is 0.905. The van der Waals surface area contributed by atoms with Crippen LogP contribution in [0.25, 0.3) is 0 Å². The van der Waals surface area contributed by atoms with E-state index in [1.54, 1.807) is 0 Å². The van der Waals surface area contributed by atoms with Gasteiger partial charge in [0.1, 0.15) is 12.4 Å². The van der Waals surface area contributed by atoms with Crippen molar-refractivity contribution in [3.8, 4) is 5.75 Å². The van der Waals surface area contributed by atoms with Crippen LogP contribution in [0, 0.1) is 6.92 Å². The van der Waals surface area contributed by atoms with E-state index >= 15 is 0 Å². The molecule has 120 valence electrons. The summed E-state index contributed by atoms with van der Waals surface area (Å²) >= 11 is 3.53. The summed E-state index contributed by atoms with van der Waals surface area (Å²) < 4.78 is 12.1. The fraction of sp³-hybridized carbons (Fsp3) is 0.625. The number of nitrogens with one attached hydrogen (secondary N) is 1. The predicted molar refractivity (Wildman–Crippen MR) is 88.9 cm³/mol. The zero-order chi connectivity index (χ0) is 15.9. The molecule has 0 radical (unpaired) electrons. The molecule has 0 fully saturated rings. The summed E-state index contributed by atoms with van der Waals surface area (Å²) in [6.45, 7) is 10.5. The summed E-state index contributed by atoms with van der Waals surface area (Å²) in [5, 5.41) is 12.1. The highest BCUT2D eigenvalue weighted by Gasteiger charge is 2.13. The van der Waals surface area contributed by atoms with E-state index in [4.69, 9.17) is 14.6 Å². The normalized spacial score (nSPS) is 11.7. The maximum atomic E-state index is 8.67. The number of aliphatic hydroxyl groups excluding tert-OH is 1. The molecule has 0 spiro atoms. The monoisotopic (exact) mass is 359 g/mol. The molecule has 0 aromatic heterocycles. The van der Waals surface area contributed by atoms with Crippen molar-refractivity contribution in [2.24, 2.45) is 0 Å². The van der Waals surface area contributed by atoms with Crippen LogP contribution in [-0.4, -0.2) is 37.1 Å². The minimum atomic E-state index is 0.0397. The number of halogens is 1. The van der Waals surface area contributed by atoms with Crippen LogP contribution in [-0.2, 0) is 11.3 Å². The lowest BCUT2D eigenvalue weighted by Gasteiger charge is -2.22. The predicted octanol–water partition coefficient (Wildman–Crippen LogP) is 3.03. The summed E-state index contributed by atoms with van der Waals surface area (Å²) in [7, 11) is 0. The van der Waals surface area contributed by atoms with E-state index in [1.807, 2.05) is 13.0 Å². The van der Waals surface area contributed by atoms with Gasteiger partial charge in [-0.25, -0.2) is 0 Å². The van der Waals surface area contributed by atoms with Gasteiger partial charge in [0.25, 0.3) is 0 Å². The number of aryl methyl sites for hydroxylation is 1. The Morgan fingerprint density at radius 3 is 2.52 bits per heavy atom. The Morgan fingerprint density at radius 2 is 1.90 bits per heavy atom. The van der Waals surface area contributed by atoms with Gasteiger partial charge in [-0.3, -0.25) is 0 Å². The first-order valence-electron chi connectivity index (χ1n) is 7.19. The van der Waals surface area contributed by atoms with Crippen molar-refractivity contribution < 1.29 is 14.6 Å². The molecule has 0 aliphatic heterocycles. The summed E-state index contributed by atoms with van der Waals surface area (Å²) in [4.78, 5) is 0. The highest BCUT2D eigenvalue weighted by Crippen LogP contribution is 2.28. The molecular weight excluding hydrogens is 334 g/mol. The molecule has 0 unspecified atom stereocenters. The van der Waals surface area contributed by atoms with Gasteiger partial charge in [0.15, 0.2) is 0 Å². The van der Waals surface area contributed by atoms with E-state index in [9.17, 15) is 0 Å². The third kappa shape index (κ3) is 7.27. The summed E-state index contributed by atoms with van der Waals surface area (Å²) in [5.41, 5.74) is 2.27. The standard InChI is InChI=1S/C16H26BrNO3/c1-12-9-14(17)10-13(11-18-16(2,3)4)15(12)21-8-7-20-6-5-19/h9-10,18-19H,5-8,11H2,1-4H3. The second-order valence-electron chi connectivity index (χ2n) is 6.00. The molecule has 5 heteroatoms. The van der Waals surface area contributed by atoms with Gasteiger partial charge in [-0.2, -0.15) is 0 Å². The SMILES string of the molecule is Cc1cc(Br)cc(CNC(C)(C)C)c1OCCOCCO. The van der Waals surface area contributed by atoms with Gasteiger partial charge in [0, 0.05) is 22.1 Å². The van der Waals surface area contributed by atoms with Gasteiger partial charge < -0.3 is 19.9 Å². The fourth-order valence-electron chi connectivity index (χ4n) is 1.87. The molecule has 21 heavy (non-hydrogen) atoms. The van der Waals surface area contributed by atoms with Crippen molar-refractivity contribution >= 4 is 15.9 Å². The Labute approximate surface area is 136 Å². The average molecular weight is 360 g/mol. The van der Waals surface area contributed by atoms with Gasteiger partial charge in [0.05, 0.1) is 19.8 Å². The zero-order valence-corrected chi connectivity index (χ0v) is 14.9. The van der Waals surface area contributed by atoms with E-state index in [0.717, 1.165) is 27.9 Å². The van der Waals surface area contributed by atoms with Crippen LogP contribution < -0.4 is 10.1 Å². The molecule has 0 heterocycles. The Hall–Kier alpha value is -0.620. The number of aliphatic hydroxyl groups is 1. The first-order valence-corrected chi connectivity index (χ1v) is 7.98. The van der Waals surface area contributed by atoms with Gasteiger partial charge in [-0.05, 0) is 45.4 Å². The van der Waals surface area contributed by atoms with Crippen LogP contribution in [0.2, 0.25) is 0 Å². The third-order valence-corrected chi connectivity index (χ3v) is 3.29. The van der Waals surface area contributed by atoms with Crippen LogP contribution in [0.3, 0.4) is 0 Å². The lowest BCUT2D eigenvalue weighted by Crippen LogP contribution is -2.35. The molecule has 1 aromatic carbocycles. The number of ether oxygens (including phenoxy) is 2. The lowest BCUT2D eigenvalue weighted by atomic mass is 10.1. The van der Waals surface area contributed by atoms with Crippen molar-refractivity contribution in [1.29, 1.82) is 0 Å². The van der Waals surface area contributed by atoms with Crippen LogP contribution >= 0.6 is 15.9 Å². The fourth-order valence-corrected chi connectivity index (χ4v) is 2.49. The van der Waals surface area contributed by atoms with Crippen LogP contribution in [0.5, 0.6) is 5.75 Å². The molecule has 2 N–H and O–H groups in total. The smallest absolute Gasteiger partial charge is 0.126 e. The topological polar surface area (TPSA) is 50.7 Å². The van der Waals surface area contributed by atoms with E-state index in [1.165, 1.54) is 0 Å². The molecule has 0 atom stereocenters. The average Bonchev–Trinajstić information content (AvgIpc) is 2.37. The minimum absolute atomic E-state index is 0.0397. The number of hydrogen-bond acceptors (Lipinski definition) is 4. The van der Waals surface area contributed by atoms with Crippen molar-refractivity contribution in [3.63, 3.8) is 0 Å². The maximum Gasteiger partial charge on any atom is 0.126 e. The first-order chi connectivity index (χ1) is 9.83. The van der Waals surface area contributed by atoms with E-state index in [2.05, 4.69) is 48.1 Å². The minimum Gasteiger partial charge on any atom is -0.491 e. The Morgan fingerprint density at radius 1 is 1.19 bits per heavy atom. The van der Waals surface area contributed by atoms with Gasteiger partial charge in [-0.1, -0.05) is 15.9 Å². The van der Waals surface area contributed by atoms with E-state index in [0.29, 0.717) is 19.8 Å². The van der Waals surface area contributed by atoms with Gasteiger partial charge >= 0.3 is 0 Å². The summed E-state index contributed by atoms with van der Waals surface area (Å²) in [6, 6.07) is 4.13. The van der Waals surface area contributed by atoms with E-state index < -0.39 is 0 Å². The van der Waals surface area contributed by atoms with Crippen molar-refractivity contribution in [2.45, 2.75) is 39.8 Å². The largest absolute Gasteiger partial charge is 0.491 e. The maximum absolute atomic E-state index is 8.67. The molecule has 0 saturated heterocycles. The number of hydrogen-bond donors (Lipinski definition) is 2. The Balaban J connectivity index is 2.71. The number of benzene rings is 1. The van der Waals surface area contributed by atoms with Crippen LogP contribution in [0.15, 0.2) is 16.6 Å². The molecule has 0 saturated carbocycles. The van der Waals surface area contributed by atoms with E-state index in [-0.39, 0.29) is 12.1 Å². The third-order valence-electron chi connectivity index (χ3n) is 2.84. The highest BCUT2D eigenvalue weighted by molar-refractivity contribution is 9.10. The Kier molecular flexibility index (Phi) is 7.66. The molecular formula is C16H26BrNO3. The van der Waals surface area contributed by atoms with Crippen LogP contribution in [0.4, 0.5) is 0 Å². The van der Waals surface area contributed by atoms with Gasteiger partial charge in [-0.15, -0.1) is 0 Å². The molecule has 1 rings (SSSR count). The van der Waals surface area contributed by atoms with Crippen molar-refractivity contribution in [3.05, 3.63) is 27.7 Å². The quantitative estimate of drug-likeness (QED) is 0.700. The second kappa shape index (κ2) is 8.73. The molecule has 0 aliphatic rings. The zero-order valence-electron chi connectivity index (χ0n) is 13.3. The Bertz CT molecular complexity index is 444. The van der Waals surface area contributed by atoms with Crippen LogP contribution in [0.1, 0.15) is 31.9 Å². The second-order valence-corrected chi connectivity index (χ2v) is 6.91. The number of rotatable bonds is 8. The summed E-state index contributed by atoms with van der Waals surface area (Å²) in [6.07, 6.45) is 0. The first kappa shape index (κ1) is 18.4. The molecule has 1 aromatic rings. The lowest BCUT2D eigenvalue weighted by molar-refractivity contribution is 0.0701. The highest BCUT2D eigenvalue weighted by atomic mass is 79.9. The molecule has 0 amide bonds. The molecule has 4 nitrogen and oxygen atoms in total. The van der Waals surface area contributed by atoms with Crippen molar-refractivity contribution in [1.82, 2.24) is 5.32 Å².